The molecule has 1 aromatic carbocycles. The van der Waals surface area contributed by atoms with Crippen LogP contribution in [0.3, 0.4) is 0 Å². The van der Waals surface area contributed by atoms with Gasteiger partial charge in [0.15, 0.2) is 0 Å². The van der Waals surface area contributed by atoms with Crippen LogP contribution >= 0.6 is 0 Å². The molecule has 0 aliphatic carbocycles. The molecule has 7 nitrogen and oxygen atoms in total. The highest BCUT2D eigenvalue weighted by Gasteiger charge is 2.21. The van der Waals surface area contributed by atoms with E-state index in [2.05, 4.69) is 10.6 Å². The van der Waals surface area contributed by atoms with Gasteiger partial charge in [0.25, 0.3) is 11.6 Å². The zero-order valence-corrected chi connectivity index (χ0v) is 12.8. The number of likely N-dealkylation sites (N-methyl/N-ethyl adjacent to an activating group) is 1. The van der Waals surface area contributed by atoms with Gasteiger partial charge in [-0.15, -0.1) is 0 Å². The summed E-state index contributed by atoms with van der Waals surface area (Å²) in [6.07, 6.45) is 0. The minimum absolute atomic E-state index is 0.0924. The van der Waals surface area contributed by atoms with E-state index in [1.807, 2.05) is 32.8 Å². The van der Waals surface area contributed by atoms with Crippen LogP contribution in [0.25, 0.3) is 0 Å². The zero-order valence-electron chi connectivity index (χ0n) is 12.8. The smallest absolute Gasteiger partial charge is 0.293 e. The number of nitrogens with zero attached hydrogens (tertiary/aromatic N) is 2. The second-order valence-electron chi connectivity index (χ2n) is 5.01. The zero-order chi connectivity index (χ0) is 16.0. The summed E-state index contributed by atoms with van der Waals surface area (Å²) in [5.41, 5.74) is 0.460. The van der Waals surface area contributed by atoms with Crippen LogP contribution in [0.2, 0.25) is 0 Å². The van der Waals surface area contributed by atoms with Crippen LogP contribution in [0, 0.1) is 10.1 Å². The van der Waals surface area contributed by atoms with E-state index in [-0.39, 0.29) is 28.9 Å². The van der Waals surface area contributed by atoms with Crippen LogP contribution in [0.4, 0.5) is 11.4 Å². The van der Waals surface area contributed by atoms with Crippen LogP contribution in [0.15, 0.2) is 18.2 Å². The van der Waals surface area contributed by atoms with Gasteiger partial charge in [-0.3, -0.25) is 14.9 Å². The summed E-state index contributed by atoms with van der Waals surface area (Å²) in [7, 11) is 3.85. The molecule has 0 radical (unpaired) electrons. The Labute approximate surface area is 124 Å². The second-order valence-corrected chi connectivity index (χ2v) is 5.01. The quantitative estimate of drug-likeness (QED) is 0.590. The van der Waals surface area contributed by atoms with Crippen molar-refractivity contribution in [1.29, 1.82) is 0 Å². The lowest BCUT2D eigenvalue weighted by atomic mass is 10.1. The van der Waals surface area contributed by atoms with Gasteiger partial charge in [0.1, 0.15) is 5.69 Å². The third-order valence-electron chi connectivity index (χ3n) is 3.28. The second kappa shape index (κ2) is 7.58. The molecule has 1 unspecified atom stereocenters. The number of para-hydroxylation sites is 1. The number of rotatable bonds is 7. The minimum Gasteiger partial charge on any atom is -0.379 e. The lowest BCUT2D eigenvalue weighted by Gasteiger charge is -2.20. The van der Waals surface area contributed by atoms with Crippen LogP contribution in [0.5, 0.6) is 0 Å². The van der Waals surface area contributed by atoms with Crippen molar-refractivity contribution >= 4 is 17.3 Å². The molecule has 0 fully saturated rings. The Morgan fingerprint density at radius 2 is 2.10 bits per heavy atom. The van der Waals surface area contributed by atoms with E-state index >= 15 is 0 Å². The van der Waals surface area contributed by atoms with Crippen LogP contribution < -0.4 is 10.6 Å². The largest absolute Gasteiger partial charge is 0.379 e. The SMILES string of the molecule is CCNc1c(C(=O)NCC(C)N(C)C)cccc1[N+](=O)[O-]. The number of hydrogen-bond acceptors (Lipinski definition) is 5. The molecule has 0 heterocycles. The summed E-state index contributed by atoms with van der Waals surface area (Å²) in [5.74, 6) is -0.316. The predicted molar refractivity (Wildman–Crippen MR) is 82.7 cm³/mol. The average Bonchev–Trinajstić information content (AvgIpc) is 2.44. The molecule has 21 heavy (non-hydrogen) atoms. The molecule has 0 aliphatic rings. The number of carbonyl (C=O) groups excluding carboxylic acids is 1. The van der Waals surface area contributed by atoms with Crippen molar-refractivity contribution < 1.29 is 9.72 Å². The number of hydrogen-bond donors (Lipinski definition) is 2. The summed E-state index contributed by atoms with van der Waals surface area (Å²) in [6, 6.07) is 4.66. The fourth-order valence-corrected chi connectivity index (χ4v) is 1.76. The van der Waals surface area contributed by atoms with Gasteiger partial charge in [-0.05, 0) is 34.0 Å². The van der Waals surface area contributed by atoms with Crippen molar-refractivity contribution in [3.05, 3.63) is 33.9 Å². The Balaban J connectivity index is 2.98. The van der Waals surface area contributed by atoms with Crippen LogP contribution in [0.1, 0.15) is 24.2 Å². The lowest BCUT2D eigenvalue weighted by Crippen LogP contribution is -2.38. The molecule has 7 heteroatoms. The van der Waals surface area contributed by atoms with E-state index in [1.54, 1.807) is 6.07 Å². The first-order valence-corrected chi connectivity index (χ1v) is 6.84. The molecule has 1 atom stereocenters. The fourth-order valence-electron chi connectivity index (χ4n) is 1.76. The first-order chi connectivity index (χ1) is 9.88. The van der Waals surface area contributed by atoms with E-state index in [0.717, 1.165) is 0 Å². The van der Waals surface area contributed by atoms with Crippen molar-refractivity contribution in [3.63, 3.8) is 0 Å². The molecule has 2 N–H and O–H groups in total. The fraction of sp³-hybridized carbons (Fsp3) is 0.500. The number of benzene rings is 1. The summed E-state index contributed by atoms with van der Waals surface area (Å²) >= 11 is 0. The average molecular weight is 294 g/mol. The summed E-state index contributed by atoms with van der Waals surface area (Å²) in [5, 5.41) is 16.8. The normalized spacial score (nSPS) is 12.0. The molecule has 0 saturated heterocycles. The third-order valence-corrected chi connectivity index (χ3v) is 3.28. The number of nitro benzene ring substituents is 1. The van der Waals surface area contributed by atoms with Gasteiger partial charge < -0.3 is 15.5 Å². The first kappa shape index (κ1) is 16.9. The van der Waals surface area contributed by atoms with Gasteiger partial charge in [-0.2, -0.15) is 0 Å². The number of anilines is 1. The van der Waals surface area contributed by atoms with Gasteiger partial charge in [-0.1, -0.05) is 6.07 Å². The summed E-state index contributed by atoms with van der Waals surface area (Å²) < 4.78 is 0. The predicted octanol–water partition coefficient (Wildman–Crippen LogP) is 1.71. The topological polar surface area (TPSA) is 87.5 Å². The lowest BCUT2D eigenvalue weighted by molar-refractivity contribution is -0.384. The number of carbonyl (C=O) groups is 1. The maximum absolute atomic E-state index is 12.2. The van der Waals surface area contributed by atoms with Gasteiger partial charge >= 0.3 is 0 Å². The minimum atomic E-state index is -0.489. The highest BCUT2D eigenvalue weighted by molar-refractivity contribution is 6.01. The Bertz CT molecular complexity index is 517. The monoisotopic (exact) mass is 294 g/mol. The first-order valence-electron chi connectivity index (χ1n) is 6.84. The van der Waals surface area contributed by atoms with E-state index < -0.39 is 4.92 Å². The van der Waals surface area contributed by atoms with E-state index in [1.165, 1.54) is 12.1 Å². The molecule has 0 aromatic heterocycles. The summed E-state index contributed by atoms with van der Waals surface area (Å²) in [4.78, 5) is 24.8. The maximum Gasteiger partial charge on any atom is 0.293 e. The molecule has 0 bridgehead atoms. The number of nitrogens with one attached hydrogen (secondary N) is 2. The Morgan fingerprint density at radius 3 is 2.62 bits per heavy atom. The van der Waals surface area contributed by atoms with Gasteiger partial charge in [0.2, 0.25) is 0 Å². The van der Waals surface area contributed by atoms with Crippen molar-refractivity contribution in [1.82, 2.24) is 10.2 Å². The van der Waals surface area contributed by atoms with Crippen molar-refractivity contribution in [3.8, 4) is 0 Å². The highest BCUT2D eigenvalue weighted by atomic mass is 16.6. The Morgan fingerprint density at radius 1 is 1.43 bits per heavy atom. The molecule has 0 saturated carbocycles. The maximum atomic E-state index is 12.2. The molecule has 1 rings (SSSR count). The molecule has 0 spiro atoms. The Kier molecular flexibility index (Phi) is 6.10. The molecule has 0 aliphatic heterocycles. The standard InChI is InChI=1S/C14H22N4O3/c1-5-15-13-11(7-6-8-12(13)18(20)21)14(19)16-9-10(2)17(3)4/h6-8,10,15H,5,9H2,1-4H3,(H,16,19). The van der Waals surface area contributed by atoms with Crippen molar-refractivity contribution in [2.75, 3.05) is 32.5 Å². The van der Waals surface area contributed by atoms with Crippen LogP contribution in [-0.2, 0) is 0 Å². The van der Waals surface area contributed by atoms with Gasteiger partial charge in [0, 0.05) is 25.2 Å². The number of nitro groups is 1. The molecule has 1 amide bonds. The Hall–Kier alpha value is -2.15. The molecular formula is C14H22N4O3. The summed E-state index contributed by atoms with van der Waals surface area (Å²) in [6.45, 7) is 4.78. The number of amides is 1. The van der Waals surface area contributed by atoms with Crippen LogP contribution in [-0.4, -0.2) is 49.0 Å². The molecular weight excluding hydrogens is 272 g/mol. The highest BCUT2D eigenvalue weighted by Crippen LogP contribution is 2.28. The third kappa shape index (κ3) is 4.42. The molecule has 116 valence electrons. The van der Waals surface area contributed by atoms with Crippen molar-refractivity contribution in [2.45, 2.75) is 19.9 Å². The van der Waals surface area contributed by atoms with E-state index in [0.29, 0.717) is 13.1 Å². The van der Waals surface area contributed by atoms with Gasteiger partial charge in [0.05, 0.1) is 10.5 Å². The van der Waals surface area contributed by atoms with E-state index in [9.17, 15) is 14.9 Å². The molecule has 1 aromatic rings. The van der Waals surface area contributed by atoms with E-state index in [4.69, 9.17) is 0 Å². The van der Waals surface area contributed by atoms with Crippen molar-refractivity contribution in [2.24, 2.45) is 0 Å². The van der Waals surface area contributed by atoms with Gasteiger partial charge in [-0.25, -0.2) is 0 Å².